The van der Waals surface area contributed by atoms with Crippen molar-refractivity contribution in [1.29, 1.82) is 0 Å². The van der Waals surface area contributed by atoms with Gasteiger partial charge in [0, 0.05) is 17.0 Å². The fraction of sp³-hybridized carbons (Fsp3) is 0.333. The van der Waals surface area contributed by atoms with Crippen molar-refractivity contribution in [3.05, 3.63) is 87.8 Å². The van der Waals surface area contributed by atoms with Crippen LogP contribution in [0.1, 0.15) is 63.9 Å². The SMILES string of the molecule is CC(C)(C)[C@H]1CCc2c(sc(NC(=O)c3ccccc3)c2C(=O)NCc2ccccc2)C1. The first kappa shape index (κ1) is 22.3. The van der Waals surface area contributed by atoms with Crippen LogP contribution in [0.25, 0.3) is 0 Å². The zero-order valence-electron chi connectivity index (χ0n) is 18.9. The van der Waals surface area contributed by atoms with Crippen LogP contribution >= 0.6 is 11.3 Å². The minimum absolute atomic E-state index is 0.121. The van der Waals surface area contributed by atoms with Crippen LogP contribution < -0.4 is 10.6 Å². The third-order valence-electron chi connectivity index (χ3n) is 6.28. The van der Waals surface area contributed by atoms with Crippen molar-refractivity contribution in [3.63, 3.8) is 0 Å². The van der Waals surface area contributed by atoms with Gasteiger partial charge in [-0.3, -0.25) is 9.59 Å². The molecule has 1 aliphatic carbocycles. The molecule has 0 fully saturated rings. The second-order valence-corrected chi connectivity index (χ2v) is 10.6. The van der Waals surface area contributed by atoms with Crippen LogP contribution in [0.3, 0.4) is 0 Å². The maximum atomic E-state index is 13.3. The summed E-state index contributed by atoms with van der Waals surface area (Å²) in [7, 11) is 0. The fourth-order valence-electron chi connectivity index (χ4n) is 4.28. The number of fused-ring (bicyclic) bond motifs is 1. The molecule has 0 unspecified atom stereocenters. The second kappa shape index (κ2) is 9.29. The number of amides is 2. The predicted octanol–water partition coefficient (Wildman–Crippen LogP) is 6.08. The van der Waals surface area contributed by atoms with E-state index in [1.54, 1.807) is 23.5 Å². The molecule has 4 nitrogen and oxygen atoms in total. The molecule has 3 aromatic rings. The largest absolute Gasteiger partial charge is 0.348 e. The van der Waals surface area contributed by atoms with Gasteiger partial charge in [-0.25, -0.2) is 0 Å². The average Bonchev–Trinajstić information content (AvgIpc) is 3.15. The Morgan fingerprint density at radius 2 is 1.62 bits per heavy atom. The Labute approximate surface area is 194 Å². The average molecular weight is 447 g/mol. The monoisotopic (exact) mass is 446 g/mol. The second-order valence-electron chi connectivity index (χ2n) is 9.50. The van der Waals surface area contributed by atoms with Crippen LogP contribution in [-0.4, -0.2) is 11.8 Å². The summed E-state index contributed by atoms with van der Waals surface area (Å²) in [6.07, 6.45) is 2.87. The maximum Gasteiger partial charge on any atom is 0.256 e. The number of benzene rings is 2. The Morgan fingerprint density at radius 3 is 2.28 bits per heavy atom. The van der Waals surface area contributed by atoms with E-state index < -0.39 is 0 Å². The summed E-state index contributed by atoms with van der Waals surface area (Å²) in [5.74, 6) is 0.254. The molecular formula is C27H30N2O2S. The molecule has 2 aromatic carbocycles. The summed E-state index contributed by atoms with van der Waals surface area (Å²) in [5.41, 5.74) is 3.59. The van der Waals surface area contributed by atoms with Crippen molar-refractivity contribution in [2.75, 3.05) is 5.32 Å². The molecule has 0 saturated heterocycles. The third-order valence-corrected chi connectivity index (χ3v) is 7.45. The minimum Gasteiger partial charge on any atom is -0.348 e. The van der Waals surface area contributed by atoms with Gasteiger partial charge >= 0.3 is 0 Å². The maximum absolute atomic E-state index is 13.3. The van der Waals surface area contributed by atoms with E-state index in [0.29, 0.717) is 28.6 Å². The topological polar surface area (TPSA) is 58.2 Å². The molecule has 1 heterocycles. The predicted molar refractivity (Wildman–Crippen MR) is 131 cm³/mol. The zero-order chi connectivity index (χ0) is 22.7. The van der Waals surface area contributed by atoms with Gasteiger partial charge in [-0.15, -0.1) is 11.3 Å². The fourth-order valence-corrected chi connectivity index (χ4v) is 5.60. The molecule has 32 heavy (non-hydrogen) atoms. The molecule has 2 amide bonds. The van der Waals surface area contributed by atoms with Gasteiger partial charge in [0.15, 0.2) is 0 Å². The summed E-state index contributed by atoms with van der Waals surface area (Å²) in [6, 6.07) is 19.0. The lowest BCUT2D eigenvalue weighted by atomic mass is 9.72. The normalized spacial score (nSPS) is 15.7. The molecule has 0 saturated carbocycles. The Balaban J connectivity index is 1.62. The van der Waals surface area contributed by atoms with Gasteiger partial charge in [-0.05, 0) is 53.9 Å². The van der Waals surface area contributed by atoms with Crippen LogP contribution in [-0.2, 0) is 19.4 Å². The van der Waals surface area contributed by atoms with Gasteiger partial charge in [-0.1, -0.05) is 69.3 Å². The minimum atomic E-state index is -0.186. The smallest absolute Gasteiger partial charge is 0.256 e. The standard InChI is InChI=1S/C27H30N2O2S/c1-27(2,3)20-14-15-21-22(16-20)32-26(29-24(30)19-12-8-5-9-13-19)23(21)25(31)28-17-18-10-6-4-7-11-18/h4-13,20H,14-17H2,1-3H3,(H,28,31)(H,29,30)/t20-/m0/s1. The van der Waals surface area contributed by atoms with Gasteiger partial charge in [0.1, 0.15) is 5.00 Å². The van der Waals surface area contributed by atoms with Crippen molar-refractivity contribution >= 4 is 28.2 Å². The Morgan fingerprint density at radius 1 is 0.969 bits per heavy atom. The first-order valence-electron chi connectivity index (χ1n) is 11.2. The van der Waals surface area contributed by atoms with Crippen LogP contribution in [0.15, 0.2) is 60.7 Å². The number of nitrogens with one attached hydrogen (secondary N) is 2. The first-order valence-corrected chi connectivity index (χ1v) is 12.0. The van der Waals surface area contributed by atoms with E-state index in [0.717, 1.165) is 30.4 Å². The quantitative estimate of drug-likeness (QED) is 0.499. The number of anilines is 1. The van der Waals surface area contributed by atoms with Crippen molar-refractivity contribution in [2.45, 2.75) is 46.6 Å². The Bertz CT molecular complexity index is 1100. The number of hydrogen-bond acceptors (Lipinski definition) is 3. The number of hydrogen-bond donors (Lipinski definition) is 2. The Hall–Kier alpha value is -2.92. The molecule has 1 aromatic heterocycles. The van der Waals surface area contributed by atoms with Crippen molar-refractivity contribution in [3.8, 4) is 0 Å². The van der Waals surface area contributed by atoms with E-state index >= 15 is 0 Å². The molecule has 5 heteroatoms. The van der Waals surface area contributed by atoms with Crippen LogP contribution in [0.2, 0.25) is 0 Å². The van der Waals surface area contributed by atoms with Crippen molar-refractivity contribution in [1.82, 2.24) is 5.32 Å². The molecule has 1 atom stereocenters. The molecule has 0 radical (unpaired) electrons. The number of thiophene rings is 1. The molecule has 166 valence electrons. The highest BCUT2D eigenvalue weighted by atomic mass is 32.1. The molecule has 4 rings (SSSR count). The molecule has 0 aliphatic heterocycles. The van der Waals surface area contributed by atoms with Gasteiger partial charge in [0.2, 0.25) is 0 Å². The van der Waals surface area contributed by atoms with Gasteiger partial charge < -0.3 is 10.6 Å². The van der Waals surface area contributed by atoms with Crippen molar-refractivity contribution < 1.29 is 9.59 Å². The molecule has 1 aliphatic rings. The molecular weight excluding hydrogens is 416 g/mol. The summed E-state index contributed by atoms with van der Waals surface area (Å²) in [4.78, 5) is 27.4. The molecule has 2 N–H and O–H groups in total. The lowest BCUT2D eigenvalue weighted by molar-refractivity contribution is 0.0950. The number of carbonyl (C=O) groups excluding carboxylic acids is 2. The van der Waals surface area contributed by atoms with E-state index in [1.807, 2.05) is 48.5 Å². The van der Waals surface area contributed by atoms with Gasteiger partial charge in [-0.2, -0.15) is 0 Å². The van der Waals surface area contributed by atoms with E-state index in [9.17, 15) is 9.59 Å². The molecule has 0 bridgehead atoms. The third kappa shape index (κ3) is 4.94. The highest BCUT2D eigenvalue weighted by Gasteiger charge is 2.34. The van der Waals surface area contributed by atoms with Crippen LogP contribution in [0.4, 0.5) is 5.00 Å². The summed E-state index contributed by atoms with van der Waals surface area (Å²) in [6.45, 7) is 7.30. The summed E-state index contributed by atoms with van der Waals surface area (Å²) < 4.78 is 0. The van der Waals surface area contributed by atoms with E-state index in [-0.39, 0.29) is 17.2 Å². The van der Waals surface area contributed by atoms with E-state index in [2.05, 4.69) is 31.4 Å². The van der Waals surface area contributed by atoms with Crippen molar-refractivity contribution in [2.24, 2.45) is 11.3 Å². The summed E-state index contributed by atoms with van der Waals surface area (Å²) >= 11 is 1.56. The lowest BCUT2D eigenvalue weighted by Crippen LogP contribution is -2.28. The van der Waals surface area contributed by atoms with Crippen LogP contribution in [0, 0.1) is 11.3 Å². The van der Waals surface area contributed by atoms with Crippen LogP contribution in [0.5, 0.6) is 0 Å². The lowest BCUT2D eigenvalue weighted by Gasteiger charge is -2.33. The first-order chi connectivity index (χ1) is 15.3. The number of carbonyl (C=O) groups is 2. The van der Waals surface area contributed by atoms with Gasteiger partial charge in [0.25, 0.3) is 11.8 Å². The van der Waals surface area contributed by atoms with E-state index in [4.69, 9.17) is 0 Å². The summed E-state index contributed by atoms with van der Waals surface area (Å²) in [5, 5.41) is 6.75. The molecule has 0 spiro atoms. The van der Waals surface area contributed by atoms with E-state index in [1.165, 1.54) is 4.88 Å². The number of rotatable bonds is 5. The zero-order valence-corrected chi connectivity index (χ0v) is 19.7. The van der Waals surface area contributed by atoms with Gasteiger partial charge in [0.05, 0.1) is 5.56 Å². The highest BCUT2D eigenvalue weighted by Crippen LogP contribution is 2.44. The highest BCUT2D eigenvalue weighted by molar-refractivity contribution is 7.17. The Kier molecular flexibility index (Phi) is 6.47.